The van der Waals surface area contributed by atoms with Gasteiger partial charge in [0.2, 0.25) is 11.8 Å². The lowest BCUT2D eigenvalue weighted by molar-refractivity contribution is -0.143. The van der Waals surface area contributed by atoms with Crippen LogP contribution in [0.1, 0.15) is 53.0 Å². The van der Waals surface area contributed by atoms with Crippen molar-refractivity contribution >= 4 is 24.2 Å². The molecule has 0 saturated carbocycles. The fourth-order valence-corrected chi connectivity index (χ4v) is 6.30. The number of alkyl halides is 6. The molecule has 2 fully saturated rings. The van der Waals surface area contributed by atoms with Gasteiger partial charge in [-0.25, -0.2) is 4.39 Å². The molecule has 6 nitrogen and oxygen atoms in total. The Morgan fingerprint density at radius 3 is 2.05 bits per heavy atom. The van der Waals surface area contributed by atoms with Gasteiger partial charge in [0, 0.05) is 51.1 Å². The minimum absolute atomic E-state index is 0. The summed E-state index contributed by atoms with van der Waals surface area (Å²) in [5.41, 5.74) is -1.82. The van der Waals surface area contributed by atoms with Crippen LogP contribution in [0.5, 0.6) is 0 Å². The second-order valence-corrected chi connectivity index (χ2v) is 11.4. The van der Waals surface area contributed by atoms with Gasteiger partial charge in [-0.2, -0.15) is 26.3 Å². The Kier molecular flexibility index (Phi) is 11.3. The van der Waals surface area contributed by atoms with Crippen molar-refractivity contribution in [1.29, 1.82) is 0 Å². The van der Waals surface area contributed by atoms with E-state index in [9.17, 15) is 40.3 Å². The first-order valence-electron chi connectivity index (χ1n) is 14.0. The van der Waals surface area contributed by atoms with Crippen molar-refractivity contribution in [2.75, 3.05) is 39.8 Å². The number of hydrogen-bond donors (Lipinski definition) is 1. The first-order valence-corrected chi connectivity index (χ1v) is 14.0. The molecule has 2 aromatic carbocycles. The highest BCUT2D eigenvalue weighted by atomic mass is 35.5. The highest BCUT2D eigenvalue weighted by Crippen LogP contribution is 2.39. The number of hydrogen-bond acceptors (Lipinski definition) is 4. The third-order valence-corrected chi connectivity index (χ3v) is 8.51. The molecule has 2 heterocycles. The molecule has 1 N–H and O–H groups in total. The predicted molar refractivity (Wildman–Crippen MR) is 150 cm³/mol. The number of amides is 2. The zero-order valence-electron chi connectivity index (χ0n) is 24.2. The molecule has 0 radical (unpaired) electrons. The van der Waals surface area contributed by atoms with Crippen LogP contribution >= 0.6 is 12.4 Å². The van der Waals surface area contributed by atoms with Gasteiger partial charge in [-0.1, -0.05) is 6.07 Å². The summed E-state index contributed by atoms with van der Waals surface area (Å²) in [6, 6.07) is 5.68. The molecular weight excluding hydrogens is 619 g/mol. The maximum atomic E-state index is 14.0. The van der Waals surface area contributed by atoms with Crippen LogP contribution in [0.2, 0.25) is 0 Å². The van der Waals surface area contributed by atoms with Crippen molar-refractivity contribution in [3.8, 4) is 0 Å². The predicted octanol–water partition coefficient (Wildman–Crippen LogP) is 5.64. The minimum atomic E-state index is -5.00. The Labute approximate surface area is 257 Å². The average molecular weight is 654 g/mol. The first-order chi connectivity index (χ1) is 20.1. The quantitative estimate of drug-likeness (QED) is 0.410. The van der Waals surface area contributed by atoms with Gasteiger partial charge in [0.25, 0.3) is 0 Å². The molecule has 2 amide bonds. The van der Waals surface area contributed by atoms with Crippen LogP contribution in [-0.4, -0.2) is 77.5 Å². The summed E-state index contributed by atoms with van der Waals surface area (Å²) in [7, 11) is 1.35. The number of aliphatic hydroxyl groups excluding tert-OH is 1. The smallest absolute Gasteiger partial charge is 0.387 e. The number of piperidine rings is 2. The van der Waals surface area contributed by atoms with Crippen molar-refractivity contribution in [3.63, 3.8) is 0 Å². The lowest BCUT2D eigenvalue weighted by Crippen LogP contribution is -2.52. The van der Waals surface area contributed by atoms with E-state index in [1.165, 1.54) is 19.2 Å². The molecule has 4 rings (SSSR count). The van der Waals surface area contributed by atoms with E-state index in [2.05, 4.69) is 4.90 Å². The average Bonchev–Trinajstić information content (AvgIpc) is 2.95. The van der Waals surface area contributed by atoms with Crippen molar-refractivity contribution < 1.29 is 45.4 Å². The second kappa shape index (κ2) is 14.0. The Hall–Kier alpha value is -2.90. The normalized spacial score (nSPS) is 20.3. The van der Waals surface area contributed by atoms with Crippen LogP contribution < -0.4 is 0 Å². The lowest BCUT2D eigenvalue weighted by Gasteiger charge is -2.45. The Balaban J connectivity index is 0.00000529. The maximum Gasteiger partial charge on any atom is 0.416 e. The monoisotopic (exact) mass is 653 g/mol. The molecule has 2 aromatic rings. The summed E-state index contributed by atoms with van der Waals surface area (Å²) in [5.74, 6) is -2.26. The first kappa shape index (κ1) is 35.6. The van der Waals surface area contributed by atoms with Crippen molar-refractivity contribution in [3.05, 3.63) is 70.0 Å². The zero-order chi connectivity index (χ0) is 31.7. The van der Waals surface area contributed by atoms with Crippen molar-refractivity contribution in [1.82, 2.24) is 14.7 Å². The molecule has 2 saturated heterocycles. The summed E-state index contributed by atoms with van der Waals surface area (Å²) in [5, 5.41) is 9.16. The Morgan fingerprint density at radius 1 is 0.932 bits per heavy atom. The highest BCUT2D eigenvalue weighted by Gasteiger charge is 2.41. The molecule has 0 aliphatic carbocycles. The maximum absolute atomic E-state index is 14.0. The molecular formula is C30H35ClF7N3O3. The summed E-state index contributed by atoms with van der Waals surface area (Å²) in [6.45, 7) is 2.60. The number of rotatable bonds is 6. The van der Waals surface area contributed by atoms with Crippen molar-refractivity contribution in [2.45, 2.75) is 57.0 Å². The zero-order valence-corrected chi connectivity index (χ0v) is 25.0. The van der Waals surface area contributed by atoms with E-state index in [-0.39, 0.29) is 36.0 Å². The third-order valence-electron chi connectivity index (χ3n) is 8.51. The van der Waals surface area contributed by atoms with E-state index in [1.54, 1.807) is 17.9 Å². The highest BCUT2D eigenvalue weighted by molar-refractivity contribution is 5.85. The van der Waals surface area contributed by atoms with Crippen LogP contribution in [0.3, 0.4) is 0 Å². The lowest BCUT2D eigenvalue weighted by atomic mass is 9.77. The summed E-state index contributed by atoms with van der Waals surface area (Å²) in [4.78, 5) is 30.6. The fraction of sp³-hybridized carbons (Fsp3) is 0.533. The minimum Gasteiger partial charge on any atom is -0.387 e. The number of aliphatic hydroxyl groups is 1. The van der Waals surface area contributed by atoms with Crippen LogP contribution in [-0.2, 0) is 28.5 Å². The van der Waals surface area contributed by atoms with Crippen molar-refractivity contribution in [2.24, 2.45) is 5.92 Å². The molecule has 2 atom stereocenters. The van der Waals surface area contributed by atoms with E-state index in [4.69, 9.17) is 5.11 Å². The molecule has 0 bridgehead atoms. The third kappa shape index (κ3) is 8.22. The molecule has 14 heteroatoms. The Bertz CT molecular complexity index is 1300. The molecule has 0 aromatic heterocycles. The summed E-state index contributed by atoms with van der Waals surface area (Å²) >= 11 is 0. The fourth-order valence-electron chi connectivity index (χ4n) is 6.30. The topological polar surface area (TPSA) is 64.1 Å². The van der Waals surface area contributed by atoms with E-state index in [0.29, 0.717) is 63.1 Å². The van der Waals surface area contributed by atoms with Gasteiger partial charge in [0.1, 0.15) is 12.4 Å². The number of aryl methyl sites for hydroxylation is 1. The summed E-state index contributed by atoms with van der Waals surface area (Å²) < 4.78 is 94.3. The van der Waals surface area contributed by atoms with E-state index >= 15 is 0 Å². The van der Waals surface area contributed by atoms with Crippen LogP contribution in [0.4, 0.5) is 30.7 Å². The van der Waals surface area contributed by atoms with E-state index in [0.717, 1.165) is 10.5 Å². The van der Waals surface area contributed by atoms with Gasteiger partial charge in [-0.3, -0.25) is 14.5 Å². The van der Waals surface area contributed by atoms with Gasteiger partial charge in [0.15, 0.2) is 0 Å². The van der Waals surface area contributed by atoms with E-state index in [1.807, 2.05) is 0 Å². The number of carbonyl (C=O) groups is 2. The molecule has 2 aliphatic heterocycles. The molecule has 0 unspecified atom stereocenters. The largest absolute Gasteiger partial charge is 0.416 e. The number of likely N-dealkylation sites (tertiary alicyclic amines) is 2. The van der Waals surface area contributed by atoms with Gasteiger partial charge in [-0.05, 0) is 79.8 Å². The standard InChI is InChI=1S/C30H34F7N3O3.ClH/c1-18-11-22(31)3-4-24(18)26-16-40(23-5-8-39(9-6-23)27(42)17-41)10-7-25(26)28(43)38(2)15-19-12-20(29(32,33)34)14-21(13-19)30(35,36)37;/h3-4,11-14,23,25-26,41H,5-10,15-17H2,1-2H3;1H/t25-,26+;/m1./s1. The summed E-state index contributed by atoms with van der Waals surface area (Å²) in [6.07, 6.45) is -8.31. The van der Waals surface area contributed by atoms with Gasteiger partial charge in [-0.15, -0.1) is 12.4 Å². The van der Waals surface area contributed by atoms with Gasteiger partial charge >= 0.3 is 12.4 Å². The van der Waals surface area contributed by atoms with Gasteiger partial charge < -0.3 is 14.9 Å². The van der Waals surface area contributed by atoms with Gasteiger partial charge in [0.05, 0.1) is 11.1 Å². The Morgan fingerprint density at radius 2 is 1.52 bits per heavy atom. The molecule has 244 valence electrons. The number of halogens is 8. The molecule has 2 aliphatic rings. The SMILES string of the molecule is Cc1cc(F)ccc1[C@@H]1CN(C2CCN(C(=O)CO)CC2)CC[C@H]1C(=O)N(C)Cc1cc(C(F)(F)F)cc(C(F)(F)F)c1.Cl. The van der Waals surface area contributed by atoms with Crippen LogP contribution in [0.15, 0.2) is 36.4 Å². The second-order valence-electron chi connectivity index (χ2n) is 11.4. The number of benzene rings is 2. The van der Waals surface area contributed by atoms with E-state index < -0.39 is 60.2 Å². The number of carbonyl (C=O) groups excluding carboxylic acids is 2. The van der Waals surface area contributed by atoms with Crippen LogP contribution in [0, 0.1) is 18.7 Å². The molecule has 0 spiro atoms. The molecule has 44 heavy (non-hydrogen) atoms. The van der Waals surface area contributed by atoms with Crippen LogP contribution in [0.25, 0.3) is 0 Å². The number of nitrogens with zero attached hydrogens (tertiary/aromatic N) is 3.